The summed E-state index contributed by atoms with van der Waals surface area (Å²) in [7, 11) is 0.0548. The van der Waals surface area contributed by atoms with E-state index in [-0.39, 0.29) is 12.7 Å². The minimum absolute atomic E-state index is 0.0610. The van der Waals surface area contributed by atoms with Gasteiger partial charge in [-0.1, -0.05) is 116 Å². The van der Waals surface area contributed by atoms with Crippen molar-refractivity contribution in [1.29, 1.82) is 0 Å². The number of ether oxygens (including phenoxy) is 2. The number of methoxy groups -OCH3 is 1. The van der Waals surface area contributed by atoms with Gasteiger partial charge in [-0.25, -0.2) is 0 Å². The second-order valence-corrected chi connectivity index (χ2v) is 17.2. The first-order valence-corrected chi connectivity index (χ1v) is 18.2. The van der Waals surface area contributed by atoms with Crippen molar-refractivity contribution in [1.82, 2.24) is 0 Å². The van der Waals surface area contributed by atoms with Gasteiger partial charge in [-0.2, -0.15) is 0 Å². The fraction of sp³-hybridized carbons (Fsp3) is 0.758. The van der Waals surface area contributed by atoms with Crippen LogP contribution in [-0.2, 0) is 15.8 Å². The summed E-state index contributed by atoms with van der Waals surface area (Å²) in [6.45, 7) is 14.6. The zero-order valence-corrected chi connectivity index (χ0v) is 26.9. The fourth-order valence-corrected chi connectivity index (χ4v) is 5.96. The number of rotatable bonds is 22. The van der Waals surface area contributed by atoms with Gasteiger partial charge in [0.1, 0.15) is 5.75 Å². The van der Waals surface area contributed by atoms with Crippen molar-refractivity contribution in [3.05, 3.63) is 42.0 Å². The zero-order valence-electron chi connectivity index (χ0n) is 25.9. The molecule has 0 aromatic heterocycles. The predicted octanol–water partition coefficient (Wildman–Crippen LogP) is 9.61. The molecule has 0 heterocycles. The highest BCUT2D eigenvalue weighted by atomic mass is 28.4. The minimum atomic E-state index is -1.62. The molecule has 1 aromatic rings. The Hall–Kier alpha value is -1.14. The van der Waals surface area contributed by atoms with Crippen molar-refractivity contribution in [2.24, 2.45) is 0 Å². The molecule has 38 heavy (non-hydrogen) atoms. The van der Waals surface area contributed by atoms with Crippen LogP contribution >= 0.6 is 0 Å². The molecular weight excluding hydrogens is 488 g/mol. The highest BCUT2D eigenvalue weighted by Crippen LogP contribution is 2.37. The molecule has 1 aromatic carbocycles. The van der Waals surface area contributed by atoms with E-state index in [0.717, 1.165) is 17.7 Å². The number of unbranched alkanes of at least 4 members (excludes halogenated alkanes) is 10. The highest BCUT2D eigenvalue weighted by Gasteiger charge is 2.38. The molecule has 1 N–H and O–H groups in total. The Labute approximate surface area is 236 Å². The van der Waals surface area contributed by atoms with E-state index in [9.17, 15) is 0 Å². The highest BCUT2D eigenvalue weighted by molar-refractivity contribution is 6.74. The summed E-state index contributed by atoms with van der Waals surface area (Å²) in [6, 6.07) is 8.01. The van der Waals surface area contributed by atoms with Crippen molar-refractivity contribution < 1.29 is 19.0 Å². The van der Waals surface area contributed by atoms with Crippen molar-refractivity contribution in [3.63, 3.8) is 0 Å². The van der Waals surface area contributed by atoms with Gasteiger partial charge in [0.15, 0.2) is 8.32 Å². The summed E-state index contributed by atoms with van der Waals surface area (Å²) in [5, 5.41) is 9.45. The second-order valence-electron chi connectivity index (χ2n) is 12.5. The maximum absolute atomic E-state index is 9.15. The molecule has 220 valence electrons. The summed E-state index contributed by atoms with van der Waals surface area (Å²) >= 11 is 0. The molecule has 0 bridgehead atoms. The van der Waals surface area contributed by atoms with Crippen molar-refractivity contribution >= 4 is 8.32 Å². The van der Waals surface area contributed by atoms with Gasteiger partial charge in [0.2, 0.25) is 0 Å². The summed E-state index contributed by atoms with van der Waals surface area (Å²) in [6.07, 6.45) is 21.0. The third-order valence-electron chi connectivity index (χ3n) is 7.98. The number of aliphatic hydroxyl groups is 1. The summed E-state index contributed by atoms with van der Waals surface area (Å²) in [5.74, 6) is 0.860. The van der Waals surface area contributed by atoms with E-state index in [1.54, 1.807) is 13.2 Å². The monoisotopic (exact) mass is 548 g/mol. The lowest BCUT2D eigenvalue weighted by Gasteiger charge is -2.38. The summed E-state index contributed by atoms with van der Waals surface area (Å²) in [5.41, 5.74) is 1.14. The largest absolute Gasteiger partial charge is 0.497 e. The predicted molar refractivity (Wildman–Crippen MR) is 166 cm³/mol. The molecule has 0 saturated heterocycles. The Morgan fingerprint density at radius 1 is 0.816 bits per heavy atom. The third-order valence-corrected chi connectivity index (χ3v) is 12.6. The van der Waals surface area contributed by atoms with E-state index in [4.69, 9.17) is 19.0 Å². The molecule has 0 spiro atoms. The number of benzene rings is 1. The maximum atomic E-state index is 9.15. The third kappa shape index (κ3) is 16.1. The molecule has 4 nitrogen and oxygen atoms in total. The van der Waals surface area contributed by atoms with E-state index in [0.29, 0.717) is 17.7 Å². The average Bonchev–Trinajstić information content (AvgIpc) is 2.87. The van der Waals surface area contributed by atoms with E-state index >= 15 is 0 Å². The van der Waals surface area contributed by atoms with E-state index < -0.39 is 8.32 Å². The number of hydrogen-bond donors (Lipinski definition) is 1. The van der Waals surface area contributed by atoms with Crippen LogP contribution in [-0.4, -0.2) is 39.3 Å². The van der Waals surface area contributed by atoms with Gasteiger partial charge < -0.3 is 19.0 Å². The Bertz CT molecular complexity index is 724. The zero-order chi connectivity index (χ0) is 28.3. The van der Waals surface area contributed by atoms with Crippen LogP contribution in [0.4, 0.5) is 0 Å². The molecule has 0 aliphatic rings. The lowest BCUT2D eigenvalue weighted by Crippen LogP contribution is -2.43. The Balaban J connectivity index is 2.03. The van der Waals surface area contributed by atoms with Gasteiger partial charge in [-0.05, 0) is 55.6 Å². The van der Waals surface area contributed by atoms with Crippen molar-refractivity contribution in [2.45, 2.75) is 148 Å². The molecule has 0 radical (unpaired) electrons. The van der Waals surface area contributed by atoms with Crippen LogP contribution in [0.25, 0.3) is 0 Å². The topological polar surface area (TPSA) is 47.9 Å². The van der Waals surface area contributed by atoms with Gasteiger partial charge in [-0.3, -0.25) is 0 Å². The molecule has 0 fully saturated rings. The molecule has 0 aliphatic heterocycles. The molecule has 0 amide bonds. The summed E-state index contributed by atoms with van der Waals surface area (Å²) in [4.78, 5) is 0. The van der Waals surface area contributed by atoms with Gasteiger partial charge >= 0.3 is 0 Å². The minimum Gasteiger partial charge on any atom is -0.497 e. The van der Waals surface area contributed by atoms with Crippen molar-refractivity contribution in [3.8, 4) is 5.75 Å². The lowest BCUT2D eigenvalue weighted by atomic mass is 10.0. The fourth-order valence-electron chi connectivity index (χ4n) is 4.48. The van der Waals surface area contributed by atoms with Crippen LogP contribution in [0.1, 0.15) is 117 Å². The van der Waals surface area contributed by atoms with Crippen molar-refractivity contribution in [2.75, 3.05) is 13.7 Å². The quantitative estimate of drug-likeness (QED) is 0.0890. The molecule has 2 atom stereocenters. The molecule has 0 unspecified atom stereocenters. The van der Waals surface area contributed by atoms with Gasteiger partial charge in [-0.15, -0.1) is 0 Å². The molecule has 1 rings (SSSR count). The Morgan fingerprint density at radius 2 is 1.32 bits per heavy atom. The standard InChI is InChI=1S/C33H60O4Si/c1-29(37-38(6,7)33(2,3)4)20-17-15-13-11-9-8-10-12-14-16-18-21-32(22-19-27-34)36-28-30-23-25-31(35-5)26-24-30/h19,22-26,29,32,34H,8-18,20-21,27-28H2,1-7H3/b22-19-/t29-,32-/m1/s1. The molecule has 0 aliphatic carbocycles. The van der Waals surface area contributed by atoms with Gasteiger partial charge in [0.05, 0.1) is 26.4 Å². The van der Waals surface area contributed by atoms with Crippen LogP contribution in [0.3, 0.4) is 0 Å². The van der Waals surface area contributed by atoms with Crippen LogP contribution in [0.15, 0.2) is 36.4 Å². The molecule has 5 heteroatoms. The second kappa shape index (κ2) is 19.8. The summed E-state index contributed by atoms with van der Waals surface area (Å²) < 4.78 is 17.8. The average molecular weight is 549 g/mol. The number of aliphatic hydroxyl groups excluding tert-OH is 1. The van der Waals surface area contributed by atoms with E-state index in [1.807, 2.05) is 30.3 Å². The maximum Gasteiger partial charge on any atom is 0.192 e. The van der Waals surface area contributed by atoms with E-state index in [1.165, 1.54) is 77.0 Å². The van der Waals surface area contributed by atoms with Gasteiger partial charge in [0, 0.05) is 6.10 Å². The van der Waals surface area contributed by atoms with Crippen LogP contribution in [0.2, 0.25) is 18.1 Å². The molecular formula is C33H60O4Si. The first-order chi connectivity index (χ1) is 18.1. The smallest absolute Gasteiger partial charge is 0.192 e. The first-order valence-electron chi connectivity index (χ1n) is 15.3. The van der Waals surface area contributed by atoms with Gasteiger partial charge in [0.25, 0.3) is 0 Å². The SMILES string of the molecule is COc1ccc(CO[C@@H](/C=C\CO)CCCCCCCCCCCCC[C@@H](C)O[Si](C)(C)C(C)(C)C)cc1. The Morgan fingerprint density at radius 3 is 1.79 bits per heavy atom. The first kappa shape index (κ1) is 34.9. The van der Waals surface area contributed by atoms with Crippen LogP contribution in [0, 0.1) is 0 Å². The molecule has 0 saturated carbocycles. The Kier molecular flexibility index (Phi) is 18.2. The lowest BCUT2D eigenvalue weighted by molar-refractivity contribution is 0.0643. The van der Waals surface area contributed by atoms with Crippen LogP contribution in [0.5, 0.6) is 5.75 Å². The normalized spacial score (nSPS) is 14.2. The van der Waals surface area contributed by atoms with E-state index in [2.05, 4.69) is 40.8 Å². The van der Waals surface area contributed by atoms with Crippen LogP contribution < -0.4 is 4.74 Å². The number of hydrogen-bond acceptors (Lipinski definition) is 4.